The molecule has 178 valence electrons. The van der Waals surface area contributed by atoms with Gasteiger partial charge in [0.1, 0.15) is 17.0 Å². The molecule has 1 amide bonds. The minimum Gasteiger partial charge on any atom is -0.394 e. The maximum Gasteiger partial charge on any atom is 0.246 e. The highest BCUT2D eigenvalue weighted by atomic mass is 32.1. The predicted octanol–water partition coefficient (Wildman–Crippen LogP) is 3.76. The number of piperidine rings is 1. The summed E-state index contributed by atoms with van der Waals surface area (Å²) >= 11 is 1.63. The van der Waals surface area contributed by atoms with Crippen LogP contribution >= 0.6 is 11.3 Å². The molecular formula is C26H31N5O2S. The van der Waals surface area contributed by atoms with E-state index in [9.17, 15) is 9.90 Å². The van der Waals surface area contributed by atoms with Crippen molar-refractivity contribution in [3.63, 3.8) is 0 Å². The maximum atomic E-state index is 12.8. The van der Waals surface area contributed by atoms with E-state index in [4.69, 9.17) is 0 Å². The minimum absolute atomic E-state index is 0.0338. The van der Waals surface area contributed by atoms with Crippen LogP contribution in [-0.2, 0) is 17.8 Å². The van der Waals surface area contributed by atoms with Crippen LogP contribution in [0, 0.1) is 0 Å². The Hall–Kier alpha value is -2.81. The Bertz CT molecular complexity index is 1160. The third kappa shape index (κ3) is 4.99. The average Bonchev–Trinajstić information content (AvgIpc) is 3.27. The Morgan fingerprint density at radius 1 is 1.15 bits per heavy atom. The molecule has 1 saturated heterocycles. The summed E-state index contributed by atoms with van der Waals surface area (Å²) in [5.41, 5.74) is 2.23. The lowest BCUT2D eigenvalue weighted by atomic mass is 10.0. The van der Waals surface area contributed by atoms with Crippen LogP contribution < -0.4 is 5.32 Å². The lowest BCUT2D eigenvalue weighted by Crippen LogP contribution is -2.34. The van der Waals surface area contributed by atoms with Gasteiger partial charge in [0.05, 0.1) is 24.6 Å². The molecule has 4 heterocycles. The Balaban J connectivity index is 1.30. The third-order valence-corrected chi connectivity index (χ3v) is 7.84. The number of rotatable bonds is 7. The van der Waals surface area contributed by atoms with E-state index >= 15 is 0 Å². The normalized spacial score (nSPS) is 17.7. The molecule has 5 rings (SSSR count). The van der Waals surface area contributed by atoms with Gasteiger partial charge < -0.3 is 15.3 Å². The first-order valence-electron chi connectivity index (χ1n) is 12.1. The molecule has 0 bridgehead atoms. The fourth-order valence-corrected chi connectivity index (χ4v) is 6.06. The van der Waals surface area contributed by atoms with Crippen molar-refractivity contribution in [2.75, 3.05) is 38.1 Å². The first-order chi connectivity index (χ1) is 16.7. The maximum absolute atomic E-state index is 12.8. The average molecular weight is 478 g/mol. The second kappa shape index (κ2) is 10.6. The van der Waals surface area contributed by atoms with E-state index in [1.54, 1.807) is 23.7 Å². The summed E-state index contributed by atoms with van der Waals surface area (Å²) in [7, 11) is 0. The number of nitrogens with one attached hydrogen (secondary N) is 1. The molecule has 3 aromatic rings. The van der Waals surface area contributed by atoms with Crippen LogP contribution in [0.25, 0.3) is 10.2 Å². The number of amides is 1. The number of aliphatic hydroxyl groups excluding tert-OH is 1. The van der Waals surface area contributed by atoms with E-state index < -0.39 is 0 Å². The number of hydrogen-bond acceptors (Lipinski definition) is 7. The Morgan fingerprint density at radius 2 is 1.97 bits per heavy atom. The van der Waals surface area contributed by atoms with Crippen LogP contribution in [0.2, 0.25) is 0 Å². The molecule has 34 heavy (non-hydrogen) atoms. The molecule has 0 unspecified atom stereocenters. The van der Waals surface area contributed by atoms with Crippen LogP contribution in [0.5, 0.6) is 0 Å². The number of hydrogen-bond donors (Lipinski definition) is 2. The second-order valence-electron chi connectivity index (χ2n) is 8.97. The van der Waals surface area contributed by atoms with Gasteiger partial charge in [-0.1, -0.05) is 42.8 Å². The SMILES string of the molecule is O=C(/C=C/CN1CCCCC1)N1CCc2c(sc3ncnc(N[C@H](CO)c4ccccc4)c23)C1. The van der Waals surface area contributed by atoms with Crippen molar-refractivity contribution in [3.05, 3.63) is 64.8 Å². The number of aliphatic hydroxyl groups is 1. The van der Waals surface area contributed by atoms with Gasteiger partial charge in [-0.25, -0.2) is 9.97 Å². The fourth-order valence-electron chi connectivity index (χ4n) is 4.86. The molecule has 2 aliphatic rings. The van der Waals surface area contributed by atoms with E-state index in [2.05, 4.69) is 20.2 Å². The van der Waals surface area contributed by atoms with Gasteiger partial charge in [0.25, 0.3) is 0 Å². The zero-order valence-electron chi connectivity index (χ0n) is 19.3. The van der Waals surface area contributed by atoms with Gasteiger partial charge in [0.15, 0.2) is 0 Å². The van der Waals surface area contributed by atoms with Crippen molar-refractivity contribution < 1.29 is 9.90 Å². The molecule has 0 saturated carbocycles. The predicted molar refractivity (Wildman–Crippen MR) is 136 cm³/mol. The van der Waals surface area contributed by atoms with Crippen LogP contribution in [-0.4, -0.2) is 63.6 Å². The van der Waals surface area contributed by atoms with Crippen molar-refractivity contribution in [1.29, 1.82) is 0 Å². The number of aromatic nitrogens is 2. The van der Waals surface area contributed by atoms with Crippen LogP contribution in [0.3, 0.4) is 0 Å². The van der Waals surface area contributed by atoms with E-state index in [0.717, 1.165) is 47.7 Å². The molecule has 2 aliphatic heterocycles. The van der Waals surface area contributed by atoms with Crippen molar-refractivity contribution >= 4 is 33.3 Å². The highest BCUT2D eigenvalue weighted by molar-refractivity contribution is 7.19. The highest BCUT2D eigenvalue weighted by Gasteiger charge is 2.26. The number of anilines is 1. The number of carbonyl (C=O) groups is 1. The number of likely N-dealkylation sites (tertiary alicyclic amines) is 1. The molecule has 0 aliphatic carbocycles. The molecule has 1 aromatic carbocycles. The Morgan fingerprint density at radius 3 is 2.76 bits per heavy atom. The molecule has 0 spiro atoms. The molecule has 1 atom stereocenters. The Kier molecular flexibility index (Phi) is 7.18. The van der Waals surface area contributed by atoms with Crippen LogP contribution in [0.4, 0.5) is 5.82 Å². The minimum atomic E-state index is -0.249. The van der Waals surface area contributed by atoms with Crippen molar-refractivity contribution in [2.45, 2.75) is 38.3 Å². The van der Waals surface area contributed by atoms with Gasteiger partial charge in [-0.05, 0) is 43.5 Å². The zero-order valence-corrected chi connectivity index (χ0v) is 20.1. The molecule has 0 radical (unpaired) electrons. The summed E-state index contributed by atoms with van der Waals surface area (Å²) in [5.74, 6) is 0.820. The van der Waals surface area contributed by atoms with Gasteiger partial charge in [-0.2, -0.15) is 0 Å². The fraction of sp³-hybridized carbons (Fsp3) is 0.423. The monoisotopic (exact) mass is 477 g/mol. The quantitative estimate of drug-likeness (QED) is 0.504. The van der Waals surface area contributed by atoms with Gasteiger partial charge in [-0.3, -0.25) is 9.69 Å². The van der Waals surface area contributed by atoms with E-state index in [1.807, 2.05) is 41.3 Å². The molecule has 2 N–H and O–H groups in total. The lowest BCUT2D eigenvalue weighted by molar-refractivity contribution is -0.126. The number of carbonyl (C=O) groups excluding carboxylic acids is 1. The summed E-state index contributed by atoms with van der Waals surface area (Å²) in [4.78, 5) is 28.3. The summed E-state index contributed by atoms with van der Waals surface area (Å²) in [6.45, 7) is 4.37. The summed E-state index contributed by atoms with van der Waals surface area (Å²) in [6, 6.07) is 9.64. The first kappa shape index (κ1) is 23.0. The van der Waals surface area contributed by atoms with E-state index in [-0.39, 0.29) is 18.6 Å². The summed E-state index contributed by atoms with van der Waals surface area (Å²) < 4.78 is 0. The number of thiophene rings is 1. The smallest absolute Gasteiger partial charge is 0.246 e. The summed E-state index contributed by atoms with van der Waals surface area (Å²) in [6.07, 6.45) is 9.93. The third-order valence-electron chi connectivity index (χ3n) is 6.72. The van der Waals surface area contributed by atoms with Gasteiger partial charge >= 0.3 is 0 Å². The van der Waals surface area contributed by atoms with Gasteiger partial charge in [0, 0.05) is 24.0 Å². The number of benzene rings is 1. The highest BCUT2D eigenvalue weighted by Crippen LogP contribution is 2.38. The van der Waals surface area contributed by atoms with Gasteiger partial charge in [0.2, 0.25) is 5.91 Å². The number of fused-ring (bicyclic) bond motifs is 3. The van der Waals surface area contributed by atoms with Gasteiger partial charge in [-0.15, -0.1) is 11.3 Å². The first-order valence-corrected chi connectivity index (χ1v) is 12.9. The van der Waals surface area contributed by atoms with Crippen molar-refractivity contribution in [2.24, 2.45) is 0 Å². The zero-order chi connectivity index (χ0) is 23.3. The Labute approximate surface area is 204 Å². The van der Waals surface area contributed by atoms with E-state index in [1.165, 1.54) is 29.7 Å². The molecule has 8 heteroatoms. The van der Waals surface area contributed by atoms with Crippen LogP contribution in [0.1, 0.15) is 41.3 Å². The van der Waals surface area contributed by atoms with E-state index in [0.29, 0.717) is 13.1 Å². The molecule has 2 aromatic heterocycles. The molecule has 1 fully saturated rings. The summed E-state index contributed by atoms with van der Waals surface area (Å²) in [5, 5.41) is 14.4. The van der Waals surface area contributed by atoms with Crippen molar-refractivity contribution in [3.8, 4) is 0 Å². The van der Waals surface area contributed by atoms with Crippen molar-refractivity contribution in [1.82, 2.24) is 19.8 Å². The lowest BCUT2D eigenvalue weighted by Gasteiger charge is -2.27. The largest absolute Gasteiger partial charge is 0.394 e. The molecule has 7 nitrogen and oxygen atoms in total. The standard InChI is InChI=1S/C26H31N5O2S/c32-17-21(19-8-3-1-4-9-19)29-25-24-20-11-15-31(16-22(20)34-26(24)28-18-27-25)23(33)10-7-14-30-12-5-2-6-13-30/h1,3-4,7-10,18,21,32H,2,5-6,11-17H2,(H,27,28,29)/b10-7+/t21-/m1/s1. The molecular weight excluding hydrogens is 446 g/mol. The topological polar surface area (TPSA) is 81.6 Å². The number of nitrogens with zero attached hydrogens (tertiary/aromatic N) is 4. The second-order valence-corrected chi connectivity index (χ2v) is 10.1. The van der Waals surface area contributed by atoms with Crippen LogP contribution in [0.15, 0.2) is 48.8 Å².